The Kier molecular flexibility index (Phi) is 5.72. The molecule has 3 aromatic carbocycles. The Bertz CT molecular complexity index is 1120. The average Bonchev–Trinajstić information content (AvgIpc) is 2.68. The molecule has 0 aliphatic heterocycles. The van der Waals surface area contributed by atoms with Crippen LogP contribution < -0.4 is 9.62 Å². The van der Waals surface area contributed by atoms with Crippen LogP contribution in [0, 0.1) is 6.92 Å². The standard InChI is InChI=1S/C21H19ClN2O3S/c1-15-13-16(21(25)23-18-8-6-7-17(22)14-18)11-12-20(15)24(2)28(26,27)19-9-4-3-5-10-19/h3-14H,1-2H3,(H,23,25). The van der Waals surface area contributed by atoms with Crippen molar-refractivity contribution in [3.8, 4) is 0 Å². The van der Waals surface area contributed by atoms with Gasteiger partial charge in [-0.25, -0.2) is 8.42 Å². The maximum Gasteiger partial charge on any atom is 0.264 e. The van der Waals surface area contributed by atoms with Crippen molar-refractivity contribution in [2.45, 2.75) is 11.8 Å². The van der Waals surface area contributed by atoms with E-state index in [4.69, 9.17) is 11.6 Å². The molecule has 0 fully saturated rings. The van der Waals surface area contributed by atoms with Gasteiger partial charge in [0.1, 0.15) is 0 Å². The molecule has 0 heterocycles. The van der Waals surface area contributed by atoms with E-state index in [0.717, 1.165) is 0 Å². The molecule has 3 aromatic rings. The van der Waals surface area contributed by atoms with E-state index in [0.29, 0.717) is 27.5 Å². The lowest BCUT2D eigenvalue weighted by atomic mass is 10.1. The molecule has 0 bridgehead atoms. The molecule has 0 atom stereocenters. The molecule has 0 aliphatic carbocycles. The second kappa shape index (κ2) is 8.04. The number of sulfonamides is 1. The largest absolute Gasteiger partial charge is 0.322 e. The zero-order valence-electron chi connectivity index (χ0n) is 15.4. The minimum absolute atomic E-state index is 0.208. The number of nitrogens with zero attached hydrogens (tertiary/aromatic N) is 1. The fourth-order valence-corrected chi connectivity index (χ4v) is 4.27. The molecule has 7 heteroatoms. The zero-order valence-corrected chi connectivity index (χ0v) is 17.0. The average molecular weight is 415 g/mol. The smallest absolute Gasteiger partial charge is 0.264 e. The number of anilines is 2. The van der Waals surface area contributed by atoms with E-state index in [9.17, 15) is 13.2 Å². The second-order valence-electron chi connectivity index (χ2n) is 6.25. The molecule has 0 radical (unpaired) electrons. The van der Waals surface area contributed by atoms with E-state index in [1.54, 1.807) is 79.7 Å². The summed E-state index contributed by atoms with van der Waals surface area (Å²) in [7, 11) is -2.19. The first kappa shape index (κ1) is 19.9. The third-order valence-electron chi connectivity index (χ3n) is 4.28. The summed E-state index contributed by atoms with van der Waals surface area (Å²) in [4.78, 5) is 12.7. The molecule has 0 spiro atoms. The van der Waals surface area contributed by atoms with Crippen LogP contribution >= 0.6 is 11.6 Å². The number of nitrogens with one attached hydrogen (secondary N) is 1. The normalized spacial score (nSPS) is 11.1. The van der Waals surface area contributed by atoms with Crippen LogP contribution in [0.4, 0.5) is 11.4 Å². The molecule has 0 saturated heterocycles. The lowest BCUT2D eigenvalue weighted by molar-refractivity contribution is 0.102. The fraction of sp³-hybridized carbons (Fsp3) is 0.0952. The Balaban J connectivity index is 1.85. The van der Waals surface area contributed by atoms with Crippen molar-refractivity contribution in [3.05, 3.63) is 88.9 Å². The van der Waals surface area contributed by atoms with Crippen LogP contribution in [-0.4, -0.2) is 21.4 Å². The second-order valence-corrected chi connectivity index (χ2v) is 8.66. The third kappa shape index (κ3) is 4.18. The van der Waals surface area contributed by atoms with Crippen LogP contribution in [0.3, 0.4) is 0 Å². The van der Waals surface area contributed by atoms with Crippen LogP contribution in [0.1, 0.15) is 15.9 Å². The molecule has 0 saturated carbocycles. The number of benzene rings is 3. The van der Waals surface area contributed by atoms with Gasteiger partial charge in [-0.3, -0.25) is 9.10 Å². The first-order chi connectivity index (χ1) is 13.3. The van der Waals surface area contributed by atoms with E-state index in [1.165, 1.54) is 11.4 Å². The molecule has 0 unspecified atom stereocenters. The molecule has 1 N–H and O–H groups in total. The van der Waals surface area contributed by atoms with E-state index in [-0.39, 0.29) is 10.8 Å². The van der Waals surface area contributed by atoms with Gasteiger partial charge in [-0.2, -0.15) is 0 Å². The molecule has 1 amide bonds. The van der Waals surface area contributed by atoms with Crippen molar-refractivity contribution >= 4 is 38.9 Å². The van der Waals surface area contributed by atoms with Crippen molar-refractivity contribution in [3.63, 3.8) is 0 Å². The molecule has 0 aliphatic rings. The summed E-state index contributed by atoms with van der Waals surface area (Å²) in [5.74, 6) is -0.300. The first-order valence-corrected chi connectivity index (χ1v) is 10.3. The van der Waals surface area contributed by atoms with Crippen molar-refractivity contribution in [2.24, 2.45) is 0 Å². The minimum Gasteiger partial charge on any atom is -0.322 e. The number of carbonyl (C=O) groups excluding carboxylic acids is 1. The predicted molar refractivity (Wildman–Crippen MR) is 113 cm³/mol. The van der Waals surface area contributed by atoms with Crippen molar-refractivity contribution in [2.75, 3.05) is 16.7 Å². The summed E-state index contributed by atoms with van der Waals surface area (Å²) in [6, 6.07) is 20.0. The van der Waals surface area contributed by atoms with Crippen molar-refractivity contribution < 1.29 is 13.2 Å². The van der Waals surface area contributed by atoms with Crippen LogP contribution in [0.15, 0.2) is 77.7 Å². The Morgan fingerprint density at radius 2 is 1.68 bits per heavy atom. The summed E-state index contributed by atoms with van der Waals surface area (Å²) in [6.07, 6.45) is 0. The number of amides is 1. The van der Waals surface area contributed by atoms with Crippen LogP contribution in [0.2, 0.25) is 5.02 Å². The van der Waals surface area contributed by atoms with Gasteiger partial charge >= 0.3 is 0 Å². The lowest BCUT2D eigenvalue weighted by Crippen LogP contribution is -2.27. The third-order valence-corrected chi connectivity index (χ3v) is 6.30. The highest BCUT2D eigenvalue weighted by atomic mass is 35.5. The van der Waals surface area contributed by atoms with Gasteiger partial charge in [0.2, 0.25) is 0 Å². The van der Waals surface area contributed by atoms with Crippen LogP contribution in [-0.2, 0) is 10.0 Å². The molecular weight excluding hydrogens is 396 g/mol. The van der Waals surface area contributed by atoms with Crippen molar-refractivity contribution in [1.82, 2.24) is 0 Å². The summed E-state index contributed by atoms with van der Waals surface area (Å²) in [6.45, 7) is 1.77. The molecule has 0 aromatic heterocycles. The van der Waals surface area contributed by atoms with E-state index >= 15 is 0 Å². The van der Waals surface area contributed by atoms with Crippen LogP contribution in [0.5, 0.6) is 0 Å². The summed E-state index contributed by atoms with van der Waals surface area (Å²) in [5, 5.41) is 3.30. The molecular formula is C21H19ClN2O3S. The van der Waals surface area contributed by atoms with Crippen molar-refractivity contribution in [1.29, 1.82) is 0 Å². The first-order valence-electron chi connectivity index (χ1n) is 8.50. The Morgan fingerprint density at radius 1 is 0.964 bits per heavy atom. The number of halogens is 1. The highest BCUT2D eigenvalue weighted by Gasteiger charge is 2.22. The van der Waals surface area contributed by atoms with E-state index in [1.807, 2.05) is 0 Å². The highest BCUT2D eigenvalue weighted by Crippen LogP contribution is 2.26. The quantitative estimate of drug-likeness (QED) is 0.656. The Morgan fingerprint density at radius 3 is 2.32 bits per heavy atom. The van der Waals surface area contributed by atoms with Gasteiger partial charge in [0.25, 0.3) is 15.9 Å². The highest BCUT2D eigenvalue weighted by molar-refractivity contribution is 7.92. The lowest BCUT2D eigenvalue weighted by Gasteiger charge is -2.22. The Hall–Kier alpha value is -2.83. The number of rotatable bonds is 5. The molecule has 3 rings (SSSR count). The van der Waals surface area contributed by atoms with Gasteiger partial charge < -0.3 is 5.32 Å². The topological polar surface area (TPSA) is 66.5 Å². The van der Waals surface area contributed by atoms with Gasteiger partial charge in [0, 0.05) is 23.3 Å². The number of carbonyl (C=O) groups is 1. The molecule has 5 nitrogen and oxygen atoms in total. The SMILES string of the molecule is Cc1cc(C(=O)Nc2cccc(Cl)c2)ccc1N(C)S(=O)(=O)c1ccccc1. The summed E-state index contributed by atoms with van der Waals surface area (Å²) in [5.41, 5.74) is 2.18. The van der Waals surface area contributed by atoms with Gasteiger partial charge in [-0.05, 0) is 61.0 Å². The van der Waals surface area contributed by atoms with Gasteiger partial charge in [-0.1, -0.05) is 35.9 Å². The summed E-state index contributed by atoms with van der Waals surface area (Å²) < 4.78 is 26.8. The van der Waals surface area contributed by atoms with Crippen LogP contribution in [0.25, 0.3) is 0 Å². The monoisotopic (exact) mass is 414 g/mol. The molecule has 28 heavy (non-hydrogen) atoms. The number of aryl methyl sites for hydroxylation is 1. The fourth-order valence-electron chi connectivity index (χ4n) is 2.80. The van der Waals surface area contributed by atoms with Gasteiger partial charge in [-0.15, -0.1) is 0 Å². The predicted octanol–water partition coefficient (Wildman–Crippen LogP) is 4.73. The Labute approximate surface area is 169 Å². The van der Waals surface area contributed by atoms with E-state index < -0.39 is 10.0 Å². The zero-order chi connectivity index (χ0) is 20.3. The minimum atomic E-state index is -3.68. The van der Waals surface area contributed by atoms with E-state index in [2.05, 4.69) is 5.32 Å². The number of hydrogen-bond acceptors (Lipinski definition) is 3. The summed E-state index contributed by atoms with van der Waals surface area (Å²) >= 11 is 5.93. The maximum atomic E-state index is 12.8. The molecule has 144 valence electrons. The maximum absolute atomic E-state index is 12.8. The number of hydrogen-bond donors (Lipinski definition) is 1. The van der Waals surface area contributed by atoms with Gasteiger partial charge in [0.15, 0.2) is 0 Å². The van der Waals surface area contributed by atoms with Gasteiger partial charge in [0.05, 0.1) is 10.6 Å².